The predicted octanol–water partition coefficient (Wildman–Crippen LogP) is 3.26. The minimum Gasteiger partial charge on any atom is -0.503 e. The first-order valence-electron chi connectivity index (χ1n) is 6.86. The fraction of sp³-hybridized carbons (Fsp3) is 0.0625. The highest BCUT2D eigenvalue weighted by atomic mass is 79.9. The first-order chi connectivity index (χ1) is 11.5. The number of nitrogens with zero attached hydrogens (tertiary/aromatic N) is 2. The van der Waals surface area contributed by atoms with Crippen molar-refractivity contribution in [2.75, 3.05) is 7.11 Å². The Morgan fingerprint density at radius 1 is 1.17 bits per heavy atom. The topological polar surface area (TPSA) is 81.4 Å². The van der Waals surface area contributed by atoms with Gasteiger partial charge in [0.1, 0.15) is 0 Å². The number of rotatable bonds is 4. The van der Waals surface area contributed by atoms with Crippen molar-refractivity contribution in [3.8, 4) is 22.9 Å². The third kappa shape index (κ3) is 2.67. The fourth-order valence-corrected chi connectivity index (χ4v) is 4.09. The monoisotopic (exact) mass is 408 g/mol. The van der Waals surface area contributed by atoms with Crippen LogP contribution in [0.1, 0.15) is 0 Å². The lowest BCUT2D eigenvalue weighted by Crippen LogP contribution is -2.13. The van der Waals surface area contributed by atoms with Gasteiger partial charge in [0.05, 0.1) is 16.5 Å². The van der Waals surface area contributed by atoms with Crippen LogP contribution in [0.25, 0.3) is 11.4 Å². The molecule has 0 amide bonds. The molecule has 0 aliphatic heterocycles. The Balaban J connectivity index is 2.18. The van der Waals surface area contributed by atoms with E-state index in [1.54, 1.807) is 30.3 Å². The zero-order chi connectivity index (χ0) is 17.3. The van der Waals surface area contributed by atoms with E-state index in [1.165, 1.54) is 31.6 Å². The van der Waals surface area contributed by atoms with Crippen LogP contribution in [0.4, 0.5) is 0 Å². The molecule has 0 aliphatic rings. The largest absolute Gasteiger partial charge is 0.503 e. The van der Waals surface area contributed by atoms with Crippen molar-refractivity contribution in [3.05, 3.63) is 59.3 Å². The van der Waals surface area contributed by atoms with Crippen LogP contribution >= 0.6 is 15.9 Å². The van der Waals surface area contributed by atoms with E-state index in [0.717, 1.165) is 3.97 Å². The molecule has 0 unspecified atom stereocenters. The Morgan fingerprint density at radius 3 is 2.54 bits per heavy atom. The second-order valence-corrected chi connectivity index (χ2v) is 7.45. The van der Waals surface area contributed by atoms with Gasteiger partial charge in [0.25, 0.3) is 10.0 Å². The third-order valence-electron chi connectivity index (χ3n) is 3.45. The van der Waals surface area contributed by atoms with Crippen molar-refractivity contribution in [1.29, 1.82) is 0 Å². The number of ether oxygens (including phenoxy) is 1. The first-order valence-corrected chi connectivity index (χ1v) is 9.10. The van der Waals surface area contributed by atoms with Gasteiger partial charge in [0.2, 0.25) is 0 Å². The van der Waals surface area contributed by atoms with Crippen LogP contribution in [0.15, 0.2) is 64.2 Å². The molecule has 0 atom stereocenters. The van der Waals surface area contributed by atoms with E-state index in [4.69, 9.17) is 4.74 Å². The van der Waals surface area contributed by atoms with E-state index in [-0.39, 0.29) is 22.2 Å². The minimum absolute atomic E-state index is 0.123. The van der Waals surface area contributed by atoms with E-state index in [1.807, 2.05) is 0 Å². The lowest BCUT2D eigenvalue weighted by Gasteiger charge is -2.12. The number of hydrogen-bond acceptors (Lipinski definition) is 5. The molecule has 1 heterocycles. The van der Waals surface area contributed by atoms with Crippen LogP contribution < -0.4 is 4.74 Å². The summed E-state index contributed by atoms with van der Waals surface area (Å²) in [5.41, 5.74) is 0.429. The summed E-state index contributed by atoms with van der Waals surface area (Å²) in [5.74, 6) is 0.333. The third-order valence-corrected chi connectivity index (χ3v) is 5.93. The molecule has 0 fully saturated rings. The van der Waals surface area contributed by atoms with Crippen molar-refractivity contribution >= 4 is 26.0 Å². The van der Waals surface area contributed by atoms with Crippen LogP contribution in [0.5, 0.6) is 11.5 Å². The van der Waals surface area contributed by atoms with Gasteiger partial charge in [-0.3, -0.25) is 0 Å². The Hall–Kier alpha value is -2.32. The Labute approximate surface area is 147 Å². The number of methoxy groups -OCH3 is 1. The molecule has 24 heavy (non-hydrogen) atoms. The van der Waals surface area contributed by atoms with E-state index in [9.17, 15) is 13.5 Å². The molecule has 0 saturated carbocycles. The molecule has 0 aliphatic carbocycles. The van der Waals surface area contributed by atoms with E-state index < -0.39 is 10.0 Å². The predicted molar refractivity (Wildman–Crippen MR) is 92.6 cm³/mol. The van der Waals surface area contributed by atoms with Gasteiger partial charge < -0.3 is 9.84 Å². The maximum Gasteiger partial charge on any atom is 0.269 e. The van der Waals surface area contributed by atoms with Gasteiger partial charge in [-0.25, -0.2) is 17.4 Å². The number of benzene rings is 2. The fourth-order valence-electron chi connectivity index (χ4n) is 2.26. The number of aromatic hydroxyl groups is 1. The summed E-state index contributed by atoms with van der Waals surface area (Å²) in [6.07, 6.45) is 2.76. The van der Waals surface area contributed by atoms with Crippen molar-refractivity contribution in [3.63, 3.8) is 0 Å². The lowest BCUT2D eigenvalue weighted by molar-refractivity contribution is 0.372. The molecule has 0 saturated heterocycles. The normalized spacial score (nSPS) is 11.4. The summed E-state index contributed by atoms with van der Waals surface area (Å²) < 4.78 is 32.1. The summed E-state index contributed by atoms with van der Waals surface area (Å²) in [7, 11) is -2.37. The molecule has 2 aromatic carbocycles. The molecular weight excluding hydrogens is 396 g/mol. The summed E-state index contributed by atoms with van der Waals surface area (Å²) in [6, 6.07) is 11.2. The highest BCUT2D eigenvalue weighted by Gasteiger charge is 2.23. The number of imidazole rings is 1. The molecule has 1 aromatic heterocycles. The van der Waals surface area contributed by atoms with Gasteiger partial charge in [-0.15, -0.1) is 0 Å². The summed E-state index contributed by atoms with van der Waals surface area (Å²) in [4.78, 5) is 4.29. The Bertz CT molecular complexity index is 985. The zero-order valence-electron chi connectivity index (χ0n) is 12.5. The zero-order valence-corrected chi connectivity index (χ0v) is 15.0. The first kappa shape index (κ1) is 16.5. The molecule has 124 valence electrons. The number of hydrogen-bond donors (Lipinski definition) is 1. The van der Waals surface area contributed by atoms with Crippen molar-refractivity contribution in [2.24, 2.45) is 0 Å². The van der Waals surface area contributed by atoms with Gasteiger partial charge in [-0.05, 0) is 40.2 Å². The van der Waals surface area contributed by atoms with E-state index in [0.29, 0.717) is 10.0 Å². The highest BCUT2D eigenvalue weighted by Crippen LogP contribution is 2.41. The smallest absolute Gasteiger partial charge is 0.269 e. The second kappa shape index (κ2) is 6.29. The number of phenolic OH excluding ortho intramolecular Hbond substituents is 1. The average molecular weight is 409 g/mol. The maximum absolute atomic E-state index is 12.8. The Kier molecular flexibility index (Phi) is 4.33. The summed E-state index contributed by atoms with van der Waals surface area (Å²) >= 11 is 3.27. The van der Waals surface area contributed by atoms with Crippen LogP contribution in [0, 0.1) is 0 Å². The van der Waals surface area contributed by atoms with Crippen LogP contribution in [0.2, 0.25) is 0 Å². The second-order valence-electron chi connectivity index (χ2n) is 4.84. The number of aromatic nitrogens is 2. The van der Waals surface area contributed by atoms with Gasteiger partial charge in [-0.2, -0.15) is 0 Å². The molecule has 1 N–H and O–H groups in total. The maximum atomic E-state index is 12.8. The molecule has 8 heteroatoms. The number of halogens is 1. The molecule has 0 spiro atoms. The quantitative estimate of drug-likeness (QED) is 0.716. The van der Waals surface area contributed by atoms with Crippen molar-refractivity contribution < 1.29 is 18.3 Å². The highest BCUT2D eigenvalue weighted by molar-refractivity contribution is 9.10. The molecule has 6 nitrogen and oxygen atoms in total. The van der Waals surface area contributed by atoms with Crippen molar-refractivity contribution in [2.45, 2.75) is 4.90 Å². The molecule has 0 bridgehead atoms. The van der Waals surface area contributed by atoms with Gasteiger partial charge >= 0.3 is 0 Å². The molecular formula is C16H13BrN2O4S. The van der Waals surface area contributed by atoms with Gasteiger partial charge in [-0.1, -0.05) is 18.2 Å². The summed E-state index contributed by atoms with van der Waals surface area (Å²) in [5, 5.41) is 10.1. The van der Waals surface area contributed by atoms with Crippen LogP contribution in [-0.2, 0) is 10.0 Å². The summed E-state index contributed by atoms with van der Waals surface area (Å²) in [6.45, 7) is 0. The lowest BCUT2D eigenvalue weighted by atomic mass is 10.2. The minimum atomic E-state index is -3.80. The van der Waals surface area contributed by atoms with Gasteiger partial charge in [0.15, 0.2) is 17.3 Å². The SMILES string of the molecule is COc1ccc(-c2nccn2S(=O)(=O)c2ccccc2)c(Br)c1O. The van der Waals surface area contributed by atoms with Crippen LogP contribution in [0.3, 0.4) is 0 Å². The molecule has 3 rings (SSSR count). The van der Waals surface area contributed by atoms with E-state index >= 15 is 0 Å². The van der Waals surface area contributed by atoms with Crippen LogP contribution in [-0.4, -0.2) is 29.6 Å². The average Bonchev–Trinajstić information content (AvgIpc) is 3.08. The molecule has 3 aromatic rings. The molecule has 0 radical (unpaired) electrons. The van der Waals surface area contributed by atoms with E-state index in [2.05, 4.69) is 20.9 Å². The van der Waals surface area contributed by atoms with Crippen molar-refractivity contribution in [1.82, 2.24) is 8.96 Å². The Morgan fingerprint density at radius 2 is 1.88 bits per heavy atom. The standard InChI is InChI=1S/C16H13BrN2O4S/c1-23-13-8-7-12(14(17)15(13)20)16-18-9-10-19(16)24(21,22)11-5-3-2-4-6-11/h2-10,20H,1H3. The van der Waals surface area contributed by atoms with Gasteiger partial charge in [0, 0.05) is 18.0 Å². The number of phenols is 1.